The molecule has 1 aromatic carbocycles. The quantitative estimate of drug-likeness (QED) is 0.887. The highest BCUT2D eigenvalue weighted by Crippen LogP contribution is 2.09. The van der Waals surface area contributed by atoms with Crippen LogP contribution >= 0.6 is 0 Å². The number of carbonyl (C=O) groups excluding carboxylic acids is 2. The van der Waals surface area contributed by atoms with Crippen LogP contribution in [0.25, 0.3) is 0 Å². The number of anilines is 1. The summed E-state index contributed by atoms with van der Waals surface area (Å²) < 4.78 is 12.8. The molecule has 5 nitrogen and oxygen atoms in total. The molecule has 0 radical (unpaired) electrons. The molecule has 0 unspecified atom stereocenters. The summed E-state index contributed by atoms with van der Waals surface area (Å²) in [6.45, 7) is 3.70. The zero-order chi connectivity index (χ0) is 15.3. The zero-order valence-electron chi connectivity index (χ0n) is 12.1. The average Bonchev–Trinajstić information content (AvgIpc) is 2.37. The second kappa shape index (κ2) is 6.88. The van der Waals surface area contributed by atoms with E-state index in [4.69, 9.17) is 0 Å². The molecule has 0 saturated carbocycles. The van der Waals surface area contributed by atoms with Crippen molar-refractivity contribution < 1.29 is 14.0 Å². The van der Waals surface area contributed by atoms with Crippen LogP contribution in [0.5, 0.6) is 0 Å². The van der Waals surface area contributed by atoms with Gasteiger partial charge in [0.25, 0.3) is 0 Å². The standard InChI is InChI=1S/C14H20FN3O2/c1-9(2)12(13(19)18(3)4)17-14(20)16-11-7-5-10(15)6-8-11/h5-9,12H,1-4H3,(H2,16,17,20)/t12-/m0/s1. The van der Waals surface area contributed by atoms with Crippen molar-refractivity contribution in [1.29, 1.82) is 0 Å². The van der Waals surface area contributed by atoms with E-state index < -0.39 is 12.1 Å². The Hall–Kier alpha value is -2.11. The highest BCUT2D eigenvalue weighted by Gasteiger charge is 2.25. The lowest BCUT2D eigenvalue weighted by atomic mass is 10.0. The molecule has 0 aliphatic carbocycles. The van der Waals surface area contributed by atoms with Gasteiger partial charge in [-0.15, -0.1) is 0 Å². The van der Waals surface area contributed by atoms with Gasteiger partial charge in [-0.2, -0.15) is 0 Å². The molecule has 20 heavy (non-hydrogen) atoms. The fraction of sp³-hybridized carbons (Fsp3) is 0.429. The number of carbonyl (C=O) groups is 2. The van der Waals surface area contributed by atoms with E-state index in [1.165, 1.54) is 29.2 Å². The monoisotopic (exact) mass is 281 g/mol. The van der Waals surface area contributed by atoms with Gasteiger partial charge in [-0.25, -0.2) is 9.18 Å². The van der Waals surface area contributed by atoms with Crippen molar-refractivity contribution in [3.63, 3.8) is 0 Å². The van der Waals surface area contributed by atoms with Gasteiger partial charge in [-0.05, 0) is 30.2 Å². The van der Waals surface area contributed by atoms with Crippen molar-refractivity contribution in [3.05, 3.63) is 30.1 Å². The van der Waals surface area contributed by atoms with Crippen molar-refractivity contribution in [2.24, 2.45) is 5.92 Å². The van der Waals surface area contributed by atoms with E-state index in [1.807, 2.05) is 13.8 Å². The van der Waals surface area contributed by atoms with E-state index in [0.29, 0.717) is 5.69 Å². The van der Waals surface area contributed by atoms with E-state index >= 15 is 0 Å². The van der Waals surface area contributed by atoms with Crippen LogP contribution in [-0.2, 0) is 4.79 Å². The molecule has 3 amide bonds. The molecule has 0 aliphatic rings. The summed E-state index contributed by atoms with van der Waals surface area (Å²) in [7, 11) is 3.27. The molecule has 6 heteroatoms. The number of benzene rings is 1. The molecule has 1 aromatic rings. The van der Waals surface area contributed by atoms with Crippen molar-refractivity contribution in [2.45, 2.75) is 19.9 Å². The maximum atomic E-state index is 12.8. The molecule has 0 aliphatic heterocycles. The number of amides is 3. The van der Waals surface area contributed by atoms with Gasteiger partial charge < -0.3 is 15.5 Å². The Morgan fingerprint density at radius 3 is 2.15 bits per heavy atom. The lowest BCUT2D eigenvalue weighted by Crippen LogP contribution is -2.50. The maximum absolute atomic E-state index is 12.8. The minimum Gasteiger partial charge on any atom is -0.347 e. The topological polar surface area (TPSA) is 61.4 Å². The Labute approximate surface area is 118 Å². The van der Waals surface area contributed by atoms with Crippen LogP contribution in [0.3, 0.4) is 0 Å². The van der Waals surface area contributed by atoms with E-state index in [1.54, 1.807) is 14.1 Å². The van der Waals surface area contributed by atoms with Gasteiger partial charge in [0.2, 0.25) is 5.91 Å². The first-order valence-electron chi connectivity index (χ1n) is 6.35. The van der Waals surface area contributed by atoms with Crippen molar-refractivity contribution in [3.8, 4) is 0 Å². The highest BCUT2D eigenvalue weighted by atomic mass is 19.1. The number of hydrogen-bond acceptors (Lipinski definition) is 2. The molecule has 0 saturated heterocycles. The number of rotatable bonds is 4. The van der Waals surface area contributed by atoms with E-state index in [2.05, 4.69) is 10.6 Å². The van der Waals surface area contributed by atoms with Crippen LogP contribution < -0.4 is 10.6 Å². The molecule has 0 aromatic heterocycles. The third-order valence-electron chi connectivity index (χ3n) is 2.76. The molecule has 0 spiro atoms. The Kier molecular flexibility index (Phi) is 5.49. The number of halogens is 1. The lowest BCUT2D eigenvalue weighted by molar-refractivity contribution is -0.131. The van der Waals surface area contributed by atoms with Crippen molar-refractivity contribution in [2.75, 3.05) is 19.4 Å². The van der Waals surface area contributed by atoms with Crippen LogP contribution in [0.2, 0.25) is 0 Å². The minimum absolute atomic E-state index is 0.0381. The fourth-order valence-electron chi connectivity index (χ4n) is 1.63. The second-order valence-electron chi connectivity index (χ2n) is 5.06. The molecule has 2 N–H and O–H groups in total. The van der Waals surface area contributed by atoms with Crippen molar-refractivity contribution >= 4 is 17.6 Å². The summed E-state index contributed by atoms with van der Waals surface area (Å²) in [6.07, 6.45) is 0. The smallest absolute Gasteiger partial charge is 0.319 e. The minimum atomic E-state index is -0.606. The van der Waals surface area contributed by atoms with E-state index in [0.717, 1.165) is 0 Å². The van der Waals surface area contributed by atoms with Crippen LogP contribution in [0, 0.1) is 11.7 Å². The predicted molar refractivity (Wildman–Crippen MR) is 75.9 cm³/mol. The number of nitrogens with one attached hydrogen (secondary N) is 2. The third kappa shape index (κ3) is 4.53. The number of hydrogen-bond donors (Lipinski definition) is 2. The summed E-state index contributed by atoms with van der Waals surface area (Å²) in [4.78, 5) is 25.2. The molecular formula is C14H20FN3O2. The van der Waals surface area contributed by atoms with Gasteiger partial charge in [-0.3, -0.25) is 4.79 Å². The predicted octanol–water partition coefficient (Wildman–Crippen LogP) is 2.06. The van der Waals surface area contributed by atoms with Crippen LogP contribution in [0.4, 0.5) is 14.9 Å². The number of urea groups is 1. The third-order valence-corrected chi connectivity index (χ3v) is 2.76. The SMILES string of the molecule is CC(C)[C@H](NC(=O)Nc1ccc(F)cc1)C(=O)N(C)C. The lowest BCUT2D eigenvalue weighted by Gasteiger charge is -2.24. The maximum Gasteiger partial charge on any atom is 0.319 e. The number of likely N-dealkylation sites (N-methyl/N-ethyl adjacent to an activating group) is 1. The van der Waals surface area contributed by atoms with E-state index in [9.17, 15) is 14.0 Å². The Bertz CT molecular complexity index is 472. The van der Waals surface area contributed by atoms with Crippen LogP contribution in [0.1, 0.15) is 13.8 Å². The zero-order valence-corrected chi connectivity index (χ0v) is 12.1. The molecule has 110 valence electrons. The summed E-state index contributed by atoms with van der Waals surface area (Å²) in [5.41, 5.74) is 0.462. The summed E-state index contributed by atoms with van der Waals surface area (Å²) in [5.74, 6) is -0.586. The molecule has 0 bridgehead atoms. The normalized spacial score (nSPS) is 11.9. The van der Waals surface area contributed by atoms with Gasteiger partial charge in [-0.1, -0.05) is 13.8 Å². The van der Waals surface area contributed by atoms with Crippen LogP contribution in [-0.4, -0.2) is 37.0 Å². The fourth-order valence-corrected chi connectivity index (χ4v) is 1.63. The van der Waals surface area contributed by atoms with Crippen LogP contribution in [0.15, 0.2) is 24.3 Å². The van der Waals surface area contributed by atoms with Gasteiger partial charge in [0.1, 0.15) is 11.9 Å². The van der Waals surface area contributed by atoms with E-state index in [-0.39, 0.29) is 17.6 Å². The summed E-state index contributed by atoms with van der Waals surface area (Å²) in [6, 6.07) is 4.30. The molecule has 0 heterocycles. The Morgan fingerprint density at radius 1 is 1.15 bits per heavy atom. The first kappa shape index (κ1) is 15.9. The first-order valence-corrected chi connectivity index (χ1v) is 6.35. The molecule has 1 rings (SSSR count). The summed E-state index contributed by atoms with van der Waals surface area (Å²) >= 11 is 0. The first-order chi connectivity index (χ1) is 9.31. The van der Waals surface area contributed by atoms with Gasteiger partial charge in [0.15, 0.2) is 0 Å². The largest absolute Gasteiger partial charge is 0.347 e. The van der Waals surface area contributed by atoms with Gasteiger partial charge in [0, 0.05) is 19.8 Å². The van der Waals surface area contributed by atoms with Crippen molar-refractivity contribution in [1.82, 2.24) is 10.2 Å². The average molecular weight is 281 g/mol. The summed E-state index contributed by atoms with van der Waals surface area (Å²) in [5, 5.41) is 5.19. The Balaban J connectivity index is 2.67. The van der Waals surface area contributed by atoms with Gasteiger partial charge in [0.05, 0.1) is 0 Å². The molecule has 0 fully saturated rings. The second-order valence-corrected chi connectivity index (χ2v) is 5.06. The molecular weight excluding hydrogens is 261 g/mol. The number of nitrogens with zero attached hydrogens (tertiary/aromatic N) is 1. The molecule has 1 atom stereocenters. The Morgan fingerprint density at radius 2 is 1.70 bits per heavy atom. The van der Waals surface area contributed by atoms with Gasteiger partial charge >= 0.3 is 6.03 Å². The highest BCUT2D eigenvalue weighted by molar-refractivity contribution is 5.93.